The van der Waals surface area contributed by atoms with Gasteiger partial charge in [-0.2, -0.15) is 0 Å². The monoisotopic (exact) mass is 396 g/mol. The zero-order valence-electron chi connectivity index (χ0n) is 12.1. The Labute approximate surface area is 144 Å². The molecule has 2 heterocycles. The van der Waals surface area contributed by atoms with Gasteiger partial charge in [0.05, 0.1) is 18.4 Å². The topological polar surface area (TPSA) is 88.8 Å². The molecule has 0 aliphatic carbocycles. The van der Waals surface area contributed by atoms with Crippen LogP contribution in [-0.4, -0.2) is 38.3 Å². The number of carboxylic acid groups (broad SMARTS) is 1. The summed E-state index contributed by atoms with van der Waals surface area (Å²) in [4.78, 5) is 16.4. The Balaban J connectivity index is 1.65. The summed E-state index contributed by atoms with van der Waals surface area (Å²) in [6.45, 7) is 1.99. The molecule has 0 spiro atoms. The molecule has 3 rings (SSSR count). The molecule has 120 valence electrons. The second-order valence-corrected chi connectivity index (χ2v) is 6.67. The van der Waals surface area contributed by atoms with E-state index in [-0.39, 0.29) is 6.54 Å². The SMILES string of the molecule is Cc1cn2nc(NCC(Oc3ccc(Br)cc3)C(=O)O)sc2n1. The Morgan fingerprint density at radius 2 is 2.22 bits per heavy atom. The number of nitrogens with zero attached hydrogens (tertiary/aromatic N) is 3. The number of aryl methyl sites for hydroxylation is 1. The molecule has 3 aromatic rings. The van der Waals surface area contributed by atoms with Gasteiger partial charge in [0.25, 0.3) is 0 Å². The number of nitrogens with one attached hydrogen (secondary N) is 1. The molecular weight excluding hydrogens is 384 g/mol. The van der Waals surface area contributed by atoms with E-state index in [1.807, 2.05) is 13.1 Å². The highest BCUT2D eigenvalue weighted by atomic mass is 79.9. The molecule has 1 atom stereocenters. The highest BCUT2D eigenvalue weighted by Gasteiger charge is 2.20. The predicted molar refractivity (Wildman–Crippen MR) is 90.3 cm³/mol. The van der Waals surface area contributed by atoms with E-state index in [0.717, 1.165) is 15.1 Å². The third-order valence-corrected chi connectivity index (χ3v) is 4.38. The van der Waals surface area contributed by atoms with Gasteiger partial charge in [-0.25, -0.2) is 14.3 Å². The molecule has 2 aromatic heterocycles. The zero-order chi connectivity index (χ0) is 16.4. The van der Waals surface area contributed by atoms with Crippen molar-refractivity contribution in [1.29, 1.82) is 0 Å². The van der Waals surface area contributed by atoms with E-state index < -0.39 is 12.1 Å². The fourth-order valence-corrected chi connectivity index (χ4v) is 3.02. The number of rotatable bonds is 6. The normalized spacial score (nSPS) is 12.3. The lowest BCUT2D eigenvalue weighted by atomic mass is 10.3. The molecule has 0 aliphatic rings. The second kappa shape index (κ2) is 6.55. The number of hydrogen-bond donors (Lipinski definition) is 2. The third kappa shape index (κ3) is 3.80. The standard InChI is InChI=1S/C14H13BrN4O3S/c1-8-7-19-14(17-8)23-13(18-19)16-6-11(12(20)21)22-10-4-2-9(15)3-5-10/h2-5,7,11H,6H2,1H3,(H,16,18)(H,20,21). The van der Waals surface area contributed by atoms with Crippen LogP contribution in [0.2, 0.25) is 0 Å². The number of halogens is 1. The summed E-state index contributed by atoms with van der Waals surface area (Å²) in [7, 11) is 0. The van der Waals surface area contributed by atoms with Gasteiger partial charge in [-0.05, 0) is 31.2 Å². The Hall–Kier alpha value is -2.13. The fraction of sp³-hybridized carbons (Fsp3) is 0.214. The van der Waals surface area contributed by atoms with Crippen LogP contribution in [0, 0.1) is 6.92 Å². The maximum atomic E-state index is 11.4. The highest BCUT2D eigenvalue weighted by Crippen LogP contribution is 2.20. The first-order valence-corrected chi connectivity index (χ1v) is 8.34. The first-order valence-electron chi connectivity index (χ1n) is 6.73. The van der Waals surface area contributed by atoms with Crippen LogP contribution in [0.15, 0.2) is 34.9 Å². The molecule has 2 N–H and O–H groups in total. The molecule has 23 heavy (non-hydrogen) atoms. The van der Waals surface area contributed by atoms with Crippen LogP contribution in [0.3, 0.4) is 0 Å². The summed E-state index contributed by atoms with van der Waals surface area (Å²) < 4.78 is 8.06. The summed E-state index contributed by atoms with van der Waals surface area (Å²) in [5, 5.41) is 17.2. The van der Waals surface area contributed by atoms with E-state index in [9.17, 15) is 9.90 Å². The lowest BCUT2D eigenvalue weighted by molar-refractivity contribution is -0.144. The summed E-state index contributed by atoms with van der Waals surface area (Å²) in [5.74, 6) is -0.551. The van der Waals surface area contributed by atoms with E-state index in [4.69, 9.17) is 4.74 Å². The summed E-state index contributed by atoms with van der Waals surface area (Å²) in [5.41, 5.74) is 0.886. The van der Waals surface area contributed by atoms with Gasteiger partial charge in [-0.3, -0.25) is 0 Å². The minimum atomic E-state index is -1.04. The Morgan fingerprint density at radius 1 is 1.48 bits per heavy atom. The number of anilines is 1. The van der Waals surface area contributed by atoms with Crippen LogP contribution in [0.5, 0.6) is 5.75 Å². The summed E-state index contributed by atoms with van der Waals surface area (Å²) >= 11 is 4.68. The van der Waals surface area contributed by atoms with Gasteiger partial charge in [0.15, 0.2) is 0 Å². The quantitative estimate of drug-likeness (QED) is 0.665. The number of imidazole rings is 1. The number of aliphatic carboxylic acids is 1. The number of hydrogen-bond acceptors (Lipinski definition) is 6. The van der Waals surface area contributed by atoms with E-state index >= 15 is 0 Å². The van der Waals surface area contributed by atoms with Gasteiger partial charge in [0.2, 0.25) is 16.2 Å². The van der Waals surface area contributed by atoms with Crippen molar-refractivity contribution in [2.75, 3.05) is 11.9 Å². The number of ether oxygens (including phenoxy) is 1. The minimum Gasteiger partial charge on any atom is -0.478 e. The van der Waals surface area contributed by atoms with Crippen LogP contribution < -0.4 is 10.1 Å². The molecule has 9 heteroatoms. The van der Waals surface area contributed by atoms with Gasteiger partial charge in [-0.1, -0.05) is 27.3 Å². The van der Waals surface area contributed by atoms with Crippen molar-refractivity contribution in [3.63, 3.8) is 0 Å². The first-order chi connectivity index (χ1) is 11.0. The molecule has 0 radical (unpaired) electrons. The molecule has 0 fully saturated rings. The van der Waals surface area contributed by atoms with Crippen molar-refractivity contribution < 1.29 is 14.6 Å². The predicted octanol–water partition coefficient (Wildman–Crippen LogP) is 2.81. The summed E-state index contributed by atoms with van der Waals surface area (Å²) in [6.07, 6.45) is 0.790. The Kier molecular flexibility index (Phi) is 4.49. The molecular formula is C14H13BrN4O3S. The van der Waals surface area contributed by atoms with Crippen molar-refractivity contribution in [3.8, 4) is 5.75 Å². The van der Waals surface area contributed by atoms with E-state index in [0.29, 0.717) is 10.9 Å². The average molecular weight is 397 g/mol. The van der Waals surface area contributed by atoms with Crippen LogP contribution >= 0.6 is 27.3 Å². The van der Waals surface area contributed by atoms with E-state index in [1.165, 1.54) is 11.3 Å². The summed E-state index contributed by atoms with van der Waals surface area (Å²) in [6, 6.07) is 7.00. The molecule has 0 saturated heterocycles. The number of carboxylic acids is 1. The Morgan fingerprint density at radius 3 is 2.87 bits per heavy atom. The van der Waals surface area contributed by atoms with Crippen LogP contribution in [0.4, 0.5) is 5.13 Å². The molecule has 0 amide bonds. The smallest absolute Gasteiger partial charge is 0.346 e. The van der Waals surface area contributed by atoms with Crippen LogP contribution in [-0.2, 0) is 4.79 Å². The first kappa shape index (κ1) is 15.8. The maximum Gasteiger partial charge on any atom is 0.346 e. The van der Waals surface area contributed by atoms with Gasteiger partial charge >= 0.3 is 5.97 Å². The van der Waals surface area contributed by atoms with E-state index in [2.05, 4.69) is 31.3 Å². The number of fused-ring (bicyclic) bond motifs is 1. The van der Waals surface area contributed by atoms with Crippen molar-refractivity contribution in [2.45, 2.75) is 13.0 Å². The molecule has 0 aliphatic heterocycles. The van der Waals surface area contributed by atoms with Crippen molar-refractivity contribution in [3.05, 3.63) is 40.6 Å². The molecule has 0 saturated carbocycles. The lowest BCUT2D eigenvalue weighted by Gasteiger charge is -2.15. The molecule has 1 unspecified atom stereocenters. The molecule has 7 nitrogen and oxygen atoms in total. The molecule has 1 aromatic carbocycles. The van der Waals surface area contributed by atoms with Gasteiger partial charge in [-0.15, -0.1) is 5.10 Å². The van der Waals surface area contributed by atoms with Crippen molar-refractivity contribution in [2.24, 2.45) is 0 Å². The van der Waals surface area contributed by atoms with Gasteiger partial charge < -0.3 is 15.2 Å². The zero-order valence-corrected chi connectivity index (χ0v) is 14.5. The van der Waals surface area contributed by atoms with E-state index in [1.54, 1.807) is 28.8 Å². The fourth-order valence-electron chi connectivity index (χ4n) is 1.92. The van der Waals surface area contributed by atoms with Crippen molar-refractivity contribution in [1.82, 2.24) is 14.6 Å². The lowest BCUT2D eigenvalue weighted by Crippen LogP contribution is -2.34. The van der Waals surface area contributed by atoms with Crippen molar-refractivity contribution >= 4 is 43.3 Å². The number of carbonyl (C=O) groups is 1. The van der Waals surface area contributed by atoms with Gasteiger partial charge in [0, 0.05) is 4.47 Å². The Bertz CT molecular complexity index is 799. The van der Waals surface area contributed by atoms with Crippen LogP contribution in [0.25, 0.3) is 4.96 Å². The minimum absolute atomic E-state index is 0.0983. The largest absolute Gasteiger partial charge is 0.478 e. The number of benzene rings is 1. The molecule has 0 bridgehead atoms. The average Bonchev–Trinajstić information content (AvgIpc) is 3.01. The van der Waals surface area contributed by atoms with Gasteiger partial charge in [0.1, 0.15) is 5.75 Å². The maximum absolute atomic E-state index is 11.4. The number of aromatic nitrogens is 3. The second-order valence-electron chi connectivity index (χ2n) is 4.80. The third-order valence-electron chi connectivity index (χ3n) is 2.97. The highest BCUT2D eigenvalue weighted by molar-refractivity contribution is 9.10. The van der Waals surface area contributed by atoms with Crippen LogP contribution in [0.1, 0.15) is 5.69 Å².